The summed E-state index contributed by atoms with van der Waals surface area (Å²) in [6.07, 6.45) is 0.689. The van der Waals surface area contributed by atoms with E-state index in [1.54, 1.807) is 6.92 Å². The number of halogens is 1. The molecule has 0 aromatic heterocycles. The Hall–Kier alpha value is -2.00. The van der Waals surface area contributed by atoms with Gasteiger partial charge in [-0.15, -0.1) is 0 Å². The van der Waals surface area contributed by atoms with E-state index in [2.05, 4.69) is 21.8 Å². The average molecular weight is 423 g/mol. The first kappa shape index (κ1) is 21.7. The molecule has 29 heavy (non-hydrogen) atoms. The number of sulfonamides is 1. The van der Waals surface area contributed by atoms with Gasteiger partial charge in [0, 0.05) is 19.6 Å². The van der Waals surface area contributed by atoms with E-state index in [1.807, 2.05) is 18.2 Å². The smallest absolute Gasteiger partial charge is 0.240 e. The van der Waals surface area contributed by atoms with E-state index < -0.39 is 15.8 Å². The molecule has 0 saturated carbocycles. The molecule has 3 rings (SSSR count). The second-order valence-corrected chi connectivity index (χ2v) is 8.61. The molecule has 6 nitrogen and oxygen atoms in total. The molecule has 2 aromatic rings. The first-order valence-corrected chi connectivity index (χ1v) is 11.3. The Bertz CT molecular complexity index is 893. The summed E-state index contributed by atoms with van der Waals surface area (Å²) >= 11 is 0. The van der Waals surface area contributed by atoms with Crippen LogP contribution in [0.1, 0.15) is 25.0 Å². The van der Waals surface area contributed by atoms with Crippen molar-refractivity contribution in [3.8, 4) is 5.75 Å². The predicted octanol–water partition coefficient (Wildman–Crippen LogP) is 2.97. The molecule has 8 heteroatoms. The predicted molar refractivity (Wildman–Crippen MR) is 109 cm³/mol. The van der Waals surface area contributed by atoms with Crippen LogP contribution in [0.2, 0.25) is 0 Å². The molecule has 1 N–H and O–H groups in total. The minimum Gasteiger partial charge on any atom is -0.491 e. The Morgan fingerprint density at radius 2 is 2.03 bits per heavy atom. The molecule has 1 atom stereocenters. The van der Waals surface area contributed by atoms with Gasteiger partial charge in [0.2, 0.25) is 10.0 Å². The highest BCUT2D eigenvalue weighted by Crippen LogP contribution is 2.22. The lowest BCUT2D eigenvalue weighted by Crippen LogP contribution is -2.39. The zero-order valence-corrected chi connectivity index (χ0v) is 17.3. The van der Waals surface area contributed by atoms with Crippen molar-refractivity contribution in [1.29, 1.82) is 0 Å². The number of ether oxygens (including phenoxy) is 2. The summed E-state index contributed by atoms with van der Waals surface area (Å²) in [5.41, 5.74) is 1.15. The number of hydrogen-bond donors (Lipinski definition) is 1. The maximum atomic E-state index is 13.9. The molecule has 1 fully saturated rings. The van der Waals surface area contributed by atoms with E-state index in [-0.39, 0.29) is 23.3 Å². The van der Waals surface area contributed by atoms with Gasteiger partial charge < -0.3 is 9.47 Å². The van der Waals surface area contributed by atoms with Crippen molar-refractivity contribution in [3.05, 3.63) is 59.9 Å². The van der Waals surface area contributed by atoms with Crippen molar-refractivity contribution in [1.82, 2.24) is 9.62 Å². The SMILES string of the molecule is CCOc1ccc(S(=O)(=O)NCCCN2CCO[C@H](c3ccccc3)C2)cc1F. The molecule has 0 unspecified atom stereocenters. The zero-order valence-electron chi connectivity index (χ0n) is 16.5. The molecule has 0 spiro atoms. The largest absolute Gasteiger partial charge is 0.491 e. The third kappa shape index (κ3) is 5.99. The van der Waals surface area contributed by atoms with E-state index in [0.29, 0.717) is 19.6 Å². The van der Waals surface area contributed by atoms with E-state index in [0.717, 1.165) is 31.3 Å². The molecule has 1 heterocycles. The fraction of sp³-hybridized carbons (Fsp3) is 0.429. The third-order valence-electron chi connectivity index (χ3n) is 4.78. The Labute approximate surface area is 171 Å². The third-order valence-corrected chi connectivity index (χ3v) is 6.24. The molecule has 158 valence electrons. The van der Waals surface area contributed by atoms with Crippen molar-refractivity contribution in [3.63, 3.8) is 0 Å². The summed E-state index contributed by atoms with van der Waals surface area (Å²) < 4.78 is 52.2. The van der Waals surface area contributed by atoms with Gasteiger partial charge in [-0.3, -0.25) is 4.90 Å². The molecule has 1 saturated heterocycles. The van der Waals surface area contributed by atoms with Crippen LogP contribution in [-0.2, 0) is 14.8 Å². The maximum Gasteiger partial charge on any atom is 0.240 e. The summed E-state index contributed by atoms with van der Waals surface area (Å²) in [4.78, 5) is 2.17. The Kier molecular flexibility index (Phi) is 7.60. The van der Waals surface area contributed by atoms with Crippen molar-refractivity contribution in [2.75, 3.05) is 39.4 Å². The van der Waals surface area contributed by atoms with Gasteiger partial charge in [0.05, 0.1) is 24.2 Å². The van der Waals surface area contributed by atoms with Crippen LogP contribution in [0.15, 0.2) is 53.4 Å². The summed E-state index contributed by atoms with van der Waals surface area (Å²) in [7, 11) is -3.76. The molecule has 0 radical (unpaired) electrons. The number of morpholine rings is 1. The average Bonchev–Trinajstić information content (AvgIpc) is 2.74. The number of nitrogens with one attached hydrogen (secondary N) is 1. The lowest BCUT2D eigenvalue weighted by atomic mass is 10.1. The standard InChI is InChI=1S/C21H27FN2O4S/c1-2-27-20-10-9-18(15-19(20)22)29(25,26)23-11-6-12-24-13-14-28-21(16-24)17-7-4-3-5-8-17/h3-5,7-10,15,21,23H,2,6,11-14,16H2,1H3/t21-/m0/s1. The second kappa shape index (κ2) is 10.2. The van der Waals surface area contributed by atoms with Crippen molar-refractivity contribution >= 4 is 10.0 Å². The summed E-state index contributed by atoms with van der Waals surface area (Å²) in [5.74, 6) is -0.637. The van der Waals surface area contributed by atoms with Gasteiger partial charge in [0.15, 0.2) is 11.6 Å². The van der Waals surface area contributed by atoms with Crippen molar-refractivity contribution in [2.24, 2.45) is 0 Å². The highest BCUT2D eigenvalue weighted by atomic mass is 32.2. The zero-order chi connectivity index (χ0) is 20.7. The van der Waals surface area contributed by atoms with E-state index in [9.17, 15) is 12.8 Å². The molecular formula is C21H27FN2O4S. The highest BCUT2D eigenvalue weighted by Gasteiger charge is 2.22. The lowest BCUT2D eigenvalue weighted by molar-refractivity contribution is -0.0300. The van der Waals surface area contributed by atoms with E-state index in [1.165, 1.54) is 12.1 Å². The fourth-order valence-corrected chi connectivity index (χ4v) is 4.37. The van der Waals surface area contributed by atoms with Crippen LogP contribution >= 0.6 is 0 Å². The number of nitrogens with zero attached hydrogens (tertiary/aromatic N) is 1. The number of rotatable bonds is 9. The Balaban J connectivity index is 1.47. The molecule has 0 aliphatic carbocycles. The van der Waals surface area contributed by atoms with Crippen LogP contribution in [0.25, 0.3) is 0 Å². The first-order valence-electron chi connectivity index (χ1n) is 9.80. The topological polar surface area (TPSA) is 67.9 Å². The van der Waals surface area contributed by atoms with Gasteiger partial charge in [0.25, 0.3) is 0 Å². The quantitative estimate of drug-likeness (QED) is 0.630. The maximum absolute atomic E-state index is 13.9. The number of hydrogen-bond acceptors (Lipinski definition) is 5. The molecule has 0 amide bonds. The van der Waals surface area contributed by atoms with E-state index in [4.69, 9.17) is 9.47 Å². The summed E-state index contributed by atoms with van der Waals surface area (Å²) in [6.45, 7) is 5.34. The van der Waals surface area contributed by atoms with Crippen LogP contribution in [0.4, 0.5) is 4.39 Å². The van der Waals surface area contributed by atoms with Crippen molar-refractivity contribution < 1.29 is 22.3 Å². The lowest BCUT2D eigenvalue weighted by Gasteiger charge is -2.33. The first-order chi connectivity index (χ1) is 14.0. The van der Waals surface area contributed by atoms with Crippen LogP contribution in [-0.4, -0.2) is 52.7 Å². The Morgan fingerprint density at radius 3 is 2.76 bits per heavy atom. The normalized spacial score (nSPS) is 17.9. The van der Waals surface area contributed by atoms with Crippen LogP contribution in [0.5, 0.6) is 5.75 Å². The highest BCUT2D eigenvalue weighted by molar-refractivity contribution is 7.89. The van der Waals surface area contributed by atoms with Gasteiger partial charge >= 0.3 is 0 Å². The molecule has 1 aliphatic heterocycles. The van der Waals surface area contributed by atoms with Gasteiger partial charge in [-0.1, -0.05) is 30.3 Å². The number of benzene rings is 2. The Morgan fingerprint density at radius 1 is 1.24 bits per heavy atom. The van der Waals surface area contributed by atoms with Gasteiger partial charge in [0.1, 0.15) is 0 Å². The molecule has 1 aliphatic rings. The van der Waals surface area contributed by atoms with Crippen LogP contribution < -0.4 is 9.46 Å². The second-order valence-electron chi connectivity index (χ2n) is 6.85. The van der Waals surface area contributed by atoms with Crippen LogP contribution in [0, 0.1) is 5.82 Å². The monoisotopic (exact) mass is 422 g/mol. The van der Waals surface area contributed by atoms with Crippen LogP contribution in [0.3, 0.4) is 0 Å². The van der Waals surface area contributed by atoms with Crippen molar-refractivity contribution in [2.45, 2.75) is 24.3 Å². The van der Waals surface area contributed by atoms with Gasteiger partial charge in [-0.05, 0) is 43.7 Å². The van der Waals surface area contributed by atoms with Gasteiger partial charge in [-0.2, -0.15) is 0 Å². The summed E-state index contributed by atoms with van der Waals surface area (Å²) in [5, 5.41) is 0. The van der Waals surface area contributed by atoms with Gasteiger partial charge in [-0.25, -0.2) is 17.5 Å². The summed E-state index contributed by atoms with van der Waals surface area (Å²) in [6, 6.07) is 13.8. The molecular weight excluding hydrogens is 395 g/mol. The minimum absolute atomic E-state index is 0.0356. The minimum atomic E-state index is -3.76. The fourth-order valence-electron chi connectivity index (χ4n) is 3.29. The molecule has 2 aromatic carbocycles. The molecule has 0 bridgehead atoms. The van der Waals surface area contributed by atoms with E-state index >= 15 is 0 Å².